The number of sulfonamides is 1. The Morgan fingerprint density at radius 2 is 2.10 bits per heavy atom. The highest BCUT2D eigenvalue weighted by Gasteiger charge is 2.33. The number of hydrogen-bond donors (Lipinski definition) is 1. The largest absolute Gasteiger partial charge is 0.313 e. The lowest BCUT2D eigenvalue weighted by Crippen LogP contribution is -2.41. The lowest BCUT2D eigenvalue weighted by molar-refractivity contribution is 0.249. The molecule has 21 heavy (non-hydrogen) atoms. The second kappa shape index (κ2) is 7.09. The van der Waals surface area contributed by atoms with Crippen LogP contribution < -0.4 is 5.32 Å². The van der Waals surface area contributed by atoms with Gasteiger partial charge in [0, 0.05) is 19.6 Å². The highest BCUT2D eigenvalue weighted by atomic mass is 35.5. The summed E-state index contributed by atoms with van der Waals surface area (Å²) in [6.07, 6.45) is 4.01. The maximum absolute atomic E-state index is 12.7. The first-order chi connectivity index (χ1) is 9.96. The summed E-state index contributed by atoms with van der Waals surface area (Å²) in [7, 11) is -1.86. The number of halogens is 1. The molecule has 6 heteroatoms. The van der Waals surface area contributed by atoms with Crippen LogP contribution >= 0.6 is 11.6 Å². The molecular weight excluding hydrogens is 308 g/mol. The van der Waals surface area contributed by atoms with Crippen LogP contribution in [0.15, 0.2) is 23.1 Å². The molecule has 0 spiro atoms. The van der Waals surface area contributed by atoms with Gasteiger partial charge in [-0.15, -0.1) is 0 Å². The number of benzene rings is 1. The van der Waals surface area contributed by atoms with E-state index in [-0.39, 0.29) is 10.9 Å². The highest BCUT2D eigenvalue weighted by Crippen LogP contribution is 2.31. The maximum atomic E-state index is 12.7. The smallest absolute Gasteiger partial charge is 0.244 e. The average Bonchev–Trinajstić information content (AvgIpc) is 2.38. The van der Waals surface area contributed by atoms with Crippen molar-refractivity contribution in [3.05, 3.63) is 28.8 Å². The summed E-state index contributed by atoms with van der Waals surface area (Å²) in [5, 5.41) is 3.56. The molecule has 118 valence electrons. The molecular formula is C15H23ClN2O2S. The average molecular weight is 331 g/mol. The van der Waals surface area contributed by atoms with Gasteiger partial charge in [0.1, 0.15) is 4.90 Å². The van der Waals surface area contributed by atoms with Gasteiger partial charge in [-0.3, -0.25) is 0 Å². The monoisotopic (exact) mass is 330 g/mol. The quantitative estimate of drug-likeness (QED) is 0.782. The molecule has 0 amide bonds. The van der Waals surface area contributed by atoms with Gasteiger partial charge in [0.15, 0.2) is 0 Å². The van der Waals surface area contributed by atoms with E-state index in [0.29, 0.717) is 11.6 Å². The Bertz CT molecular complexity index is 585. The van der Waals surface area contributed by atoms with E-state index in [1.54, 1.807) is 19.2 Å². The van der Waals surface area contributed by atoms with Gasteiger partial charge < -0.3 is 5.32 Å². The Labute approximate surface area is 132 Å². The molecule has 1 N–H and O–H groups in total. The topological polar surface area (TPSA) is 49.4 Å². The van der Waals surface area contributed by atoms with Crippen molar-refractivity contribution in [3.8, 4) is 0 Å². The molecule has 1 aliphatic rings. The molecule has 0 saturated heterocycles. The zero-order valence-electron chi connectivity index (χ0n) is 12.6. The Balaban J connectivity index is 2.22. The van der Waals surface area contributed by atoms with Gasteiger partial charge in [0.25, 0.3) is 0 Å². The number of hydrogen-bond acceptors (Lipinski definition) is 3. The van der Waals surface area contributed by atoms with Crippen LogP contribution in [0.3, 0.4) is 0 Å². The summed E-state index contributed by atoms with van der Waals surface area (Å²) in [5.41, 5.74) is 0.938. The zero-order chi connectivity index (χ0) is 15.5. The SMILES string of the molecule is CCCNCc1ccc(Cl)c(S(=O)(=O)N(C)C2CCC2)c1. The van der Waals surface area contributed by atoms with Crippen LogP contribution in [0, 0.1) is 0 Å². The van der Waals surface area contributed by atoms with Crippen molar-refractivity contribution in [2.75, 3.05) is 13.6 Å². The van der Waals surface area contributed by atoms with E-state index < -0.39 is 10.0 Å². The first-order valence-corrected chi connectivity index (χ1v) is 9.25. The van der Waals surface area contributed by atoms with Crippen LogP contribution in [-0.4, -0.2) is 32.4 Å². The molecule has 1 saturated carbocycles. The molecule has 0 aliphatic heterocycles. The van der Waals surface area contributed by atoms with Crippen molar-refractivity contribution < 1.29 is 8.42 Å². The highest BCUT2D eigenvalue weighted by molar-refractivity contribution is 7.89. The van der Waals surface area contributed by atoms with Gasteiger partial charge in [0.05, 0.1) is 5.02 Å². The fraction of sp³-hybridized carbons (Fsp3) is 0.600. The lowest BCUT2D eigenvalue weighted by atomic mass is 9.94. The Hall–Kier alpha value is -0.620. The van der Waals surface area contributed by atoms with Crippen molar-refractivity contribution >= 4 is 21.6 Å². The van der Waals surface area contributed by atoms with Gasteiger partial charge in [-0.2, -0.15) is 4.31 Å². The van der Waals surface area contributed by atoms with E-state index in [9.17, 15) is 8.42 Å². The third kappa shape index (κ3) is 3.77. The molecule has 4 nitrogen and oxygen atoms in total. The predicted molar refractivity (Wildman–Crippen MR) is 86.0 cm³/mol. The van der Waals surface area contributed by atoms with E-state index in [1.165, 1.54) is 4.31 Å². The van der Waals surface area contributed by atoms with Crippen LogP contribution in [-0.2, 0) is 16.6 Å². The molecule has 1 aromatic carbocycles. The van der Waals surface area contributed by atoms with Crippen LogP contribution in [0.5, 0.6) is 0 Å². The minimum absolute atomic E-state index is 0.118. The van der Waals surface area contributed by atoms with Crippen LogP contribution in [0.1, 0.15) is 38.2 Å². The minimum atomic E-state index is -3.51. The summed E-state index contributed by atoms with van der Waals surface area (Å²) in [6, 6.07) is 5.35. The van der Waals surface area contributed by atoms with E-state index in [0.717, 1.165) is 37.8 Å². The first-order valence-electron chi connectivity index (χ1n) is 7.44. The third-order valence-corrected chi connectivity index (χ3v) is 6.39. The van der Waals surface area contributed by atoms with Gasteiger partial charge >= 0.3 is 0 Å². The van der Waals surface area contributed by atoms with Crippen molar-refractivity contribution in [2.24, 2.45) is 0 Å². The van der Waals surface area contributed by atoms with Crippen molar-refractivity contribution in [3.63, 3.8) is 0 Å². The third-order valence-electron chi connectivity index (χ3n) is 4.00. The molecule has 0 unspecified atom stereocenters. The van der Waals surface area contributed by atoms with Crippen molar-refractivity contribution in [1.82, 2.24) is 9.62 Å². The standard InChI is InChI=1S/C15H23ClN2O2S/c1-3-9-17-11-12-7-8-14(16)15(10-12)21(19,20)18(2)13-5-4-6-13/h7-8,10,13,17H,3-6,9,11H2,1-2H3. The van der Waals surface area contributed by atoms with E-state index >= 15 is 0 Å². The van der Waals surface area contributed by atoms with E-state index in [2.05, 4.69) is 12.2 Å². The molecule has 1 aromatic rings. The second-order valence-corrected chi connectivity index (χ2v) is 7.92. The van der Waals surface area contributed by atoms with Gasteiger partial charge in [-0.25, -0.2) is 8.42 Å². The van der Waals surface area contributed by atoms with Gasteiger partial charge in [-0.1, -0.05) is 31.0 Å². The normalized spacial score (nSPS) is 16.2. The number of rotatable bonds is 7. The van der Waals surface area contributed by atoms with Crippen LogP contribution in [0.4, 0.5) is 0 Å². The van der Waals surface area contributed by atoms with Gasteiger partial charge in [0.2, 0.25) is 10.0 Å². The van der Waals surface area contributed by atoms with Crippen molar-refractivity contribution in [1.29, 1.82) is 0 Å². The summed E-state index contributed by atoms with van der Waals surface area (Å²) in [5.74, 6) is 0. The maximum Gasteiger partial charge on any atom is 0.244 e. The molecule has 2 rings (SSSR count). The zero-order valence-corrected chi connectivity index (χ0v) is 14.2. The summed E-state index contributed by atoms with van der Waals surface area (Å²) < 4.78 is 26.9. The molecule has 0 atom stereocenters. The van der Waals surface area contributed by atoms with Crippen LogP contribution in [0.25, 0.3) is 0 Å². The molecule has 1 aliphatic carbocycles. The summed E-state index contributed by atoms with van der Waals surface area (Å²) in [6.45, 7) is 3.66. The summed E-state index contributed by atoms with van der Waals surface area (Å²) >= 11 is 6.13. The minimum Gasteiger partial charge on any atom is -0.313 e. The Kier molecular flexibility index (Phi) is 5.66. The second-order valence-electron chi connectivity index (χ2n) is 5.55. The molecule has 0 heterocycles. The number of nitrogens with one attached hydrogen (secondary N) is 1. The molecule has 0 aromatic heterocycles. The van der Waals surface area contributed by atoms with E-state index in [4.69, 9.17) is 11.6 Å². The molecule has 0 radical (unpaired) electrons. The molecule has 1 fully saturated rings. The molecule has 0 bridgehead atoms. The first kappa shape index (κ1) is 16.7. The predicted octanol–water partition coefficient (Wildman–Crippen LogP) is 3.01. The summed E-state index contributed by atoms with van der Waals surface area (Å²) in [4.78, 5) is 0.217. The van der Waals surface area contributed by atoms with Gasteiger partial charge in [-0.05, 0) is 43.5 Å². The van der Waals surface area contributed by atoms with E-state index in [1.807, 2.05) is 6.07 Å². The number of nitrogens with zero attached hydrogens (tertiary/aromatic N) is 1. The fourth-order valence-electron chi connectivity index (χ4n) is 2.37. The van der Waals surface area contributed by atoms with Crippen LogP contribution in [0.2, 0.25) is 5.02 Å². The lowest BCUT2D eigenvalue weighted by Gasteiger charge is -2.34. The van der Waals surface area contributed by atoms with Crippen molar-refractivity contribution in [2.45, 2.75) is 50.1 Å². The Morgan fingerprint density at radius 1 is 1.38 bits per heavy atom. The fourth-order valence-corrected chi connectivity index (χ4v) is 4.30. The Morgan fingerprint density at radius 3 is 2.67 bits per heavy atom.